The quantitative estimate of drug-likeness (QED) is 0.749. The molecule has 0 fully saturated rings. The highest BCUT2D eigenvalue weighted by molar-refractivity contribution is 7.15. The molecule has 2 heterocycles. The van der Waals surface area contributed by atoms with Crippen molar-refractivity contribution in [1.29, 1.82) is 0 Å². The minimum absolute atomic E-state index is 0.339. The minimum Gasteiger partial charge on any atom is -0.496 e. The first kappa shape index (κ1) is 16.5. The molecular formula is C16H15ClN4O2S. The Bertz CT molecular complexity index is 861. The average Bonchev–Trinajstić information content (AvgIpc) is 3.26. The normalized spacial score (nSPS) is 10.6. The Morgan fingerprint density at radius 3 is 2.71 bits per heavy atom. The van der Waals surface area contributed by atoms with E-state index in [0.29, 0.717) is 21.5 Å². The summed E-state index contributed by atoms with van der Waals surface area (Å²) in [5, 5.41) is 12.4. The first-order chi connectivity index (χ1) is 11.6. The minimum atomic E-state index is -0.341. The topological polar surface area (TPSA) is 69.0 Å². The van der Waals surface area contributed by atoms with Crippen molar-refractivity contribution in [1.82, 2.24) is 14.8 Å². The molecule has 0 saturated carbocycles. The number of hydrogen-bond acceptors (Lipinski definition) is 5. The summed E-state index contributed by atoms with van der Waals surface area (Å²) in [5.74, 6) is 0.0902. The SMILES string of the molecule is CCc1nnc(NC(=O)c2cc(Cl)c(-n3cccc3)cc2OC)s1. The average molecular weight is 363 g/mol. The number of aryl methyl sites for hydroxylation is 1. The van der Waals surface area contributed by atoms with Gasteiger partial charge in [-0.2, -0.15) is 0 Å². The summed E-state index contributed by atoms with van der Waals surface area (Å²) in [6.45, 7) is 1.98. The highest BCUT2D eigenvalue weighted by Crippen LogP contribution is 2.30. The number of hydrogen-bond donors (Lipinski definition) is 1. The van der Waals surface area contributed by atoms with Gasteiger partial charge in [-0.25, -0.2) is 0 Å². The standard InChI is InChI=1S/C16H15ClN4O2S/c1-3-14-19-20-16(24-14)18-15(22)10-8-11(17)12(9-13(10)23-2)21-6-4-5-7-21/h4-9H,3H2,1-2H3,(H,18,20,22). The first-order valence-electron chi connectivity index (χ1n) is 7.27. The van der Waals surface area contributed by atoms with Crippen LogP contribution < -0.4 is 10.1 Å². The van der Waals surface area contributed by atoms with E-state index in [0.717, 1.165) is 17.1 Å². The summed E-state index contributed by atoms with van der Waals surface area (Å²) in [4.78, 5) is 12.5. The smallest absolute Gasteiger partial charge is 0.261 e. The zero-order chi connectivity index (χ0) is 17.1. The zero-order valence-electron chi connectivity index (χ0n) is 13.1. The maximum atomic E-state index is 12.5. The molecule has 0 unspecified atom stereocenters. The van der Waals surface area contributed by atoms with Crippen molar-refractivity contribution in [3.63, 3.8) is 0 Å². The summed E-state index contributed by atoms with van der Waals surface area (Å²) < 4.78 is 7.21. The van der Waals surface area contributed by atoms with E-state index in [4.69, 9.17) is 16.3 Å². The maximum Gasteiger partial charge on any atom is 0.261 e. The van der Waals surface area contributed by atoms with Gasteiger partial charge in [0.1, 0.15) is 10.8 Å². The molecule has 8 heteroatoms. The molecule has 0 saturated heterocycles. The van der Waals surface area contributed by atoms with E-state index >= 15 is 0 Å². The number of amides is 1. The molecule has 3 rings (SSSR count). The largest absolute Gasteiger partial charge is 0.496 e. The first-order valence-corrected chi connectivity index (χ1v) is 8.46. The van der Waals surface area contributed by atoms with Crippen LogP contribution in [0.15, 0.2) is 36.7 Å². The van der Waals surface area contributed by atoms with Gasteiger partial charge < -0.3 is 9.30 Å². The van der Waals surface area contributed by atoms with Crippen molar-refractivity contribution in [3.05, 3.63) is 52.3 Å². The molecule has 0 atom stereocenters. The van der Waals surface area contributed by atoms with Gasteiger partial charge in [0.05, 0.1) is 23.4 Å². The molecule has 0 aliphatic carbocycles. The predicted octanol–water partition coefficient (Wildman–Crippen LogP) is 3.81. The third-order valence-electron chi connectivity index (χ3n) is 3.39. The fraction of sp³-hybridized carbons (Fsp3) is 0.188. The van der Waals surface area contributed by atoms with Crippen LogP contribution in [0.4, 0.5) is 5.13 Å². The Morgan fingerprint density at radius 2 is 2.08 bits per heavy atom. The zero-order valence-corrected chi connectivity index (χ0v) is 14.7. The van der Waals surface area contributed by atoms with E-state index in [-0.39, 0.29) is 5.91 Å². The molecule has 2 aromatic heterocycles. The molecule has 124 valence electrons. The van der Waals surface area contributed by atoms with Gasteiger partial charge in [-0.3, -0.25) is 10.1 Å². The van der Waals surface area contributed by atoms with Crippen LogP contribution in [-0.4, -0.2) is 27.8 Å². The molecule has 0 bridgehead atoms. The number of anilines is 1. The van der Waals surface area contributed by atoms with Crippen LogP contribution in [0.3, 0.4) is 0 Å². The van der Waals surface area contributed by atoms with Crippen molar-refractivity contribution in [3.8, 4) is 11.4 Å². The van der Waals surface area contributed by atoms with Gasteiger partial charge in [0.25, 0.3) is 5.91 Å². The van der Waals surface area contributed by atoms with Crippen LogP contribution in [0.25, 0.3) is 5.69 Å². The molecule has 1 amide bonds. The van der Waals surface area contributed by atoms with Crippen molar-refractivity contribution >= 4 is 34.0 Å². The number of carbonyl (C=O) groups is 1. The second-order valence-corrected chi connectivity index (χ2v) is 6.37. The molecule has 6 nitrogen and oxygen atoms in total. The Kier molecular flexibility index (Phi) is 4.82. The highest BCUT2D eigenvalue weighted by atomic mass is 35.5. The van der Waals surface area contributed by atoms with E-state index in [2.05, 4.69) is 15.5 Å². The number of aromatic nitrogens is 3. The number of nitrogens with zero attached hydrogens (tertiary/aromatic N) is 3. The number of rotatable bonds is 5. The van der Waals surface area contributed by atoms with Gasteiger partial charge in [-0.1, -0.05) is 29.9 Å². The molecule has 1 N–H and O–H groups in total. The van der Waals surface area contributed by atoms with Crippen LogP contribution in [0.1, 0.15) is 22.3 Å². The second-order valence-electron chi connectivity index (χ2n) is 4.90. The number of halogens is 1. The van der Waals surface area contributed by atoms with Crippen LogP contribution >= 0.6 is 22.9 Å². The molecule has 1 aromatic carbocycles. The van der Waals surface area contributed by atoms with Crippen molar-refractivity contribution in [2.75, 3.05) is 12.4 Å². The monoisotopic (exact) mass is 362 g/mol. The van der Waals surface area contributed by atoms with Crippen LogP contribution in [-0.2, 0) is 6.42 Å². The third-order valence-corrected chi connectivity index (χ3v) is 4.67. The molecule has 3 aromatic rings. The summed E-state index contributed by atoms with van der Waals surface area (Å²) in [6, 6.07) is 7.11. The van der Waals surface area contributed by atoms with Crippen molar-refractivity contribution in [2.45, 2.75) is 13.3 Å². The van der Waals surface area contributed by atoms with E-state index in [1.165, 1.54) is 18.4 Å². The van der Waals surface area contributed by atoms with E-state index < -0.39 is 0 Å². The number of nitrogens with one attached hydrogen (secondary N) is 1. The van der Waals surface area contributed by atoms with Crippen LogP contribution in [0.2, 0.25) is 5.02 Å². The molecule has 0 aliphatic heterocycles. The second kappa shape index (κ2) is 7.02. The van der Waals surface area contributed by atoms with Crippen LogP contribution in [0.5, 0.6) is 5.75 Å². The van der Waals surface area contributed by atoms with Gasteiger partial charge in [-0.15, -0.1) is 10.2 Å². The fourth-order valence-corrected chi connectivity index (χ4v) is 3.13. The fourth-order valence-electron chi connectivity index (χ4n) is 2.19. The van der Waals surface area contributed by atoms with Crippen molar-refractivity contribution < 1.29 is 9.53 Å². The van der Waals surface area contributed by atoms with E-state index in [9.17, 15) is 4.79 Å². The Hall–Kier alpha value is -2.38. The Balaban J connectivity index is 1.92. The number of ether oxygens (including phenoxy) is 1. The van der Waals surface area contributed by atoms with Crippen molar-refractivity contribution in [2.24, 2.45) is 0 Å². The number of methoxy groups -OCH3 is 1. The summed E-state index contributed by atoms with van der Waals surface area (Å²) in [5.41, 5.74) is 1.07. The highest BCUT2D eigenvalue weighted by Gasteiger charge is 2.18. The number of carbonyl (C=O) groups excluding carboxylic acids is 1. The molecular weight excluding hydrogens is 348 g/mol. The van der Waals surface area contributed by atoms with Gasteiger partial charge in [0.2, 0.25) is 5.13 Å². The van der Waals surface area contributed by atoms with Gasteiger partial charge >= 0.3 is 0 Å². The van der Waals surface area contributed by atoms with E-state index in [1.807, 2.05) is 36.0 Å². The Morgan fingerprint density at radius 1 is 1.33 bits per heavy atom. The lowest BCUT2D eigenvalue weighted by atomic mass is 10.1. The van der Waals surface area contributed by atoms with Gasteiger partial charge in [0, 0.05) is 18.5 Å². The lowest BCUT2D eigenvalue weighted by Crippen LogP contribution is -2.13. The lowest BCUT2D eigenvalue weighted by Gasteiger charge is -2.13. The predicted molar refractivity (Wildman–Crippen MR) is 94.6 cm³/mol. The molecule has 0 spiro atoms. The number of benzene rings is 1. The van der Waals surface area contributed by atoms with E-state index in [1.54, 1.807) is 12.1 Å². The summed E-state index contributed by atoms with van der Waals surface area (Å²) >= 11 is 7.68. The van der Waals surface area contributed by atoms with Crippen LogP contribution in [0, 0.1) is 0 Å². The maximum absolute atomic E-state index is 12.5. The third kappa shape index (κ3) is 3.27. The molecule has 0 radical (unpaired) electrons. The molecule has 24 heavy (non-hydrogen) atoms. The Labute approximate surface area is 148 Å². The summed E-state index contributed by atoms with van der Waals surface area (Å²) in [6.07, 6.45) is 4.51. The van der Waals surface area contributed by atoms with Gasteiger partial charge in [0.15, 0.2) is 0 Å². The molecule has 0 aliphatic rings. The van der Waals surface area contributed by atoms with Gasteiger partial charge in [-0.05, 0) is 24.6 Å². The lowest BCUT2D eigenvalue weighted by molar-refractivity contribution is 0.102. The summed E-state index contributed by atoms with van der Waals surface area (Å²) in [7, 11) is 1.51.